The number of carbonyl (C=O) groups excluding carboxylic acids is 1. The lowest BCUT2D eigenvalue weighted by atomic mass is 9.95. The van der Waals surface area contributed by atoms with Crippen LogP contribution >= 0.6 is 0 Å². The van der Waals surface area contributed by atoms with E-state index in [-0.39, 0.29) is 17.6 Å². The van der Waals surface area contributed by atoms with Gasteiger partial charge in [0.25, 0.3) is 0 Å². The smallest absolute Gasteiger partial charge is 0.410 e. The van der Waals surface area contributed by atoms with E-state index < -0.39 is 5.60 Å². The zero-order valence-electron chi connectivity index (χ0n) is 21.8. The third-order valence-electron chi connectivity index (χ3n) is 7.76. The standard InChI is InChI=1S/C27H41N3O5/c1-26(2,3)35-25(31)30-15-22-14-29(17-27(22,18-30)32-4)13-20-11-23(21-5-6-21)28-24(12-20)34-16-19-7-9-33-10-8-19/h11-12,19,21-22H,5-10,13-18H2,1-4H3/t22-,27+/m1/s1. The molecule has 4 fully saturated rings. The van der Waals surface area contributed by atoms with Crippen molar-refractivity contribution >= 4 is 6.09 Å². The van der Waals surface area contributed by atoms with E-state index in [0.29, 0.717) is 31.5 Å². The highest BCUT2D eigenvalue weighted by atomic mass is 16.6. The Labute approximate surface area is 209 Å². The van der Waals surface area contributed by atoms with Crippen molar-refractivity contribution in [1.29, 1.82) is 0 Å². The summed E-state index contributed by atoms with van der Waals surface area (Å²) in [5.41, 5.74) is 1.58. The van der Waals surface area contributed by atoms with Crippen LogP contribution in [0.4, 0.5) is 4.79 Å². The fraction of sp³-hybridized carbons (Fsp3) is 0.778. The highest BCUT2D eigenvalue weighted by Gasteiger charge is 2.54. The first kappa shape index (κ1) is 24.8. The Balaban J connectivity index is 1.23. The van der Waals surface area contributed by atoms with Crippen LogP contribution in [0.3, 0.4) is 0 Å². The molecule has 35 heavy (non-hydrogen) atoms. The summed E-state index contributed by atoms with van der Waals surface area (Å²) >= 11 is 0. The van der Waals surface area contributed by atoms with E-state index in [1.165, 1.54) is 24.1 Å². The van der Waals surface area contributed by atoms with Crippen LogP contribution in [-0.4, -0.2) is 85.2 Å². The first-order chi connectivity index (χ1) is 16.7. The summed E-state index contributed by atoms with van der Waals surface area (Å²) in [5.74, 6) is 2.15. The molecule has 1 aromatic rings. The first-order valence-corrected chi connectivity index (χ1v) is 13.2. The molecule has 1 saturated carbocycles. The second-order valence-corrected chi connectivity index (χ2v) is 11.9. The summed E-state index contributed by atoms with van der Waals surface area (Å²) < 4.78 is 23.3. The fourth-order valence-electron chi connectivity index (χ4n) is 5.70. The third-order valence-corrected chi connectivity index (χ3v) is 7.76. The van der Waals surface area contributed by atoms with Gasteiger partial charge in [0.2, 0.25) is 5.88 Å². The third kappa shape index (κ3) is 5.92. The summed E-state index contributed by atoms with van der Waals surface area (Å²) in [6.07, 6.45) is 4.31. The van der Waals surface area contributed by atoms with Crippen molar-refractivity contribution in [3.63, 3.8) is 0 Å². The molecule has 3 saturated heterocycles. The molecule has 0 unspecified atom stereocenters. The van der Waals surface area contributed by atoms with E-state index in [0.717, 1.165) is 51.6 Å². The Morgan fingerprint density at radius 2 is 1.91 bits per heavy atom. The summed E-state index contributed by atoms with van der Waals surface area (Å²) in [7, 11) is 1.77. The van der Waals surface area contributed by atoms with Gasteiger partial charge in [-0.1, -0.05) is 0 Å². The maximum Gasteiger partial charge on any atom is 0.410 e. The molecule has 2 atom stereocenters. The summed E-state index contributed by atoms with van der Waals surface area (Å²) in [6, 6.07) is 4.38. The molecule has 1 amide bonds. The van der Waals surface area contributed by atoms with Crippen LogP contribution in [0.25, 0.3) is 0 Å². The lowest BCUT2D eigenvalue weighted by molar-refractivity contribution is -0.0180. The Morgan fingerprint density at radius 3 is 2.57 bits per heavy atom. The molecule has 8 nitrogen and oxygen atoms in total. The summed E-state index contributed by atoms with van der Waals surface area (Å²) in [4.78, 5) is 21.8. The number of nitrogens with zero attached hydrogens (tertiary/aromatic N) is 3. The first-order valence-electron chi connectivity index (χ1n) is 13.2. The maximum absolute atomic E-state index is 12.7. The molecule has 194 valence electrons. The molecule has 4 heterocycles. The summed E-state index contributed by atoms with van der Waals surface area (Å²) in [5, 5.41) is 0. The van der Waals surface area contributed by atoms with Crippen LogP contribution in [-0.2, 0) is 20.8 Å². The van der Waals surface area contributed by atoms with Crippen LogP contribution < -0.4 is 4.74 Å². The molecule has 1 aromatic heterocycles. The Bertz CT molecular complexity index is 909. The van der Waals surface area contributed by atoms with Crippen LogP contribution in [0, 0.1) is 11.8 Å². The second kappa shape index (κ2) is 9.87. The van der Waals surface area contributed by atoms with Crippen LogP contribution in [0.2, 0.25) is 0 Å². The minimum atomic E-state index is -0.494. The lowest BCUT2D eigenvalue weighted by Crippen LogP contribution is -2.44. The van der Waals surface area contributed by atoms with E-state index in [1.54, 1.807) is 7.11 Å². The molecule has 0 N–H and O–H groups in total. The number of ether oxygens (including phenoxy) is 4. The van der Waals surface area contributed by atoms with E-state index >= 15 is 0 Å². The van der Waals surface area contributed by atoms with Gasteiger partial charge in [0.15, 0.2) is 0 Å². The van der Waals surface area contributed by atoms with Gasteiger partial charge in [-0.15, -0.1) is 0 Å². The number of rotatable bonds is 7. The number of fused-ring (bicyclic) bond motifs is 1. The number of aromatic nitrogens is 1. The van der Waals surface area contributed by atoms with E-state index in [9.17, 15) is 4.79 Å². The Kier molecular flexibility index (Phi) is 6.98. The van der Waals surface area contributed by atoms with Crippen molar-refractivity contribution in [1.82, 2.24) is 14.8 Å². The molecule has 3 aliphatic heterocycles. The number of amides is 1. The van der Waals surface area contributed by atoms with E-state index in [4.69, 9.17) is 23.9 Å². The Morgan fingerprint density at radius 1 is 1.14 bits per heavy atom. The highest BCUT2D eigenvalue weighted by molar-refractivity contribution is 5.69. The molecule has 1 aliphatic carbocycles. The van der Waals surface area contributed by atoms with Gasteiger partial charge >= 0.3 is 6.09 Å². The lowest BCUT2D eigenvalue weighted by Gasteiger charge is -2.29. The van der Waals surface area contributed by atoms with E-state index in [1.807, 2.05) is 25.7 Å². The monoisotopic (exact) mass is 487 g/mol. The maximum atomic E-state index is 12.7. The number of hydrogen-bond acceptors (Lipinski definition) is 7. The average Bonchev–Trinajstić information content (AvgIpc) is 3.52. The molecule has 8 heteroatoms. The molecule has 0 bridgehead atoms. The minimum absolute atomic E-state index is 0.246. The molecular formula is C27H41N3O5. The van der Waals surface area contributed by atoms with Crippen molar-refractivity contribution in [2.24, 2.45) is 11.8 Å². The van der Waals surface area contributed by atoms with Crippen LogP contribution in [0.1, 0.15) is 63.6 Å². The predicted octanol–water partition coefficient (Wildman–Crippen LogP) is 3.83. The topological polar surface area (TPSA) is 73.4 Å². The van der Waals surface area contributed by atoms with E-state index in [2.05, 4.69) is 17.0 Å². The van der Waals surface area contributed by atoms with Gasteiger partial charge in [-0.25, -0.2) is 9.78 Å². The molecule has 0 spiro atoms. The number of hydrogen-bond donors (Lipinski definition) is 0. The number of carbonyl (C=O) groups is 1. The van der Waals surface area contributed by atoms with Crippen molar-refractivity contribution in [3.8, 4) is 5.88 Å². The van der Waals surface area contributed by atoms with Crippen LogP contribution in [0.5, 0.6) is 5.88 Å². The molecular weight excluding hydrogens is 446 g/mol. The highest BCUT2D eigenvalue weighted by Crippen LogP contribution is 2.41. The molecule has 4 aliphatic rings. The second-order valence-electron chi connectivity index (χ2n) is 11.9. The average molecular weight is 488 g/mol. The fourth-order valence-corrected chi connectivity index (χ4v) is 5.70. The zero-order valence-corrected chi connectivity index (χ0v) is 21.8. The van der Waals surface area contributed by atoms with Gasteiger partial charge in [-0.3, -0.25) is 4.90 Å². The van der Waals surface area contributed by atoms with Gasteiger partial charge in [-0.2, -0.15) is 0 Å². The van der Waals surface area contributed by atoms with Gasteiger partial charge in [-0.05, 0) is 64.0 Å². The van der Waals surface area contributed by atoms with Gasteiger partial charge in [0, 0.05) is 70.1 Å². The number of likely N-dealkylation sites (tertiary alicyclic amines) is 2. The van der Waals surface area contributed by atoms with Crippen molar-refractivity contribution < 1.29 is 23.7 Å². The summed E-state index contributed by atoms with van der Waals surface area (Å²) in [6.45, 7) is 11.9. The number of methoxy groups -OCH3 is 1. The predicted molar refractivity (Wildman–Crippen MR) is 132 cm³/mol. The van der Waals surface area contributed by atoms with Crippen LogP contribution in [0.15, 0.2) is 12.1 Å². The molecule has 0 aromatic carbocycles. The molecule has 5 rings (SSSR count). The Hall–Kier alpha value is -1.90. The van der Waals surface area contributed by atoms with Gasteiger partial charge < -0.3 is 23.8 Å². The SMILES string of the molecule is CO[C@]12CN(Cc3cc(OCC4CCOCC4)nc(C4CC4)c3)C[C@@H]1CN(C(=O)OC(C)(C)C)C2. The van der Waals surface area contributed by atoms with Crippen molar-refractivity contribution in [2.75, 3.05) is 53.1 Å². The normalized spacial score (nSPS) is 27.8. The minimum Gasteiger partial charge on any atom is -0.477 e. The largest absolute Gasteiger partial charge is 0.477 e. The van der Waals surface area contributed by atoms with Crippen molar-refractivity contribution in [2.45, 2.75) is 70.1 Å². The van der Waals surface area contributed by atoms with Gasteiger partial charge in [0.1, 0.15) is 11.2 Å². The number of pyridine rings is 1. The molecule has 0 radical (unpaired) electrons. The van der Waals surface area contributed by atoms with Gasteiger partial charge in [0.05, 0.1) is 13.2 Å². The zero-order chi connectivity index (χ0) is 24.6. The quantitative estimate of drug-likeness (QED) is 0.579. The van der Waals surface area contributed by atoms with Crippen molar-refractivity contribution in [3.05, 3.63) is 23.4 Å².